The minimum atomic E-state index is -0.500. The van der Waals surface area contributed by atoms with Crippen molar-refractivity contribution in [3.05, 3.63) is 88.7 Å². The molecule has 1 amide bonds. The van der Waals surface area contributed by atoms with E-state index < -0.39 is 5.91 Å². The number of benzene rings is 3. The molecule has 0 saturated carbocycles. The molecule has 0 saturated heterocycles. The second kappa shape index (κ2) is 11.1. The number of nitriles is 1. The Morgan fingerprint density at radius 2 is 1.80 bits per heavy atom. The van der Waals surface area contributed by atoms with E-state index in [1.807, 2.05) is 19.1 Å². The average Bonchev–Trinajstić information content (AvgIpc) is 3.34. The van der Waals surface area contributed by atoms with Crippen LogP contribution in [0, 0.1) is 17.1 Å². The van der Waals surface area contributed by atoms with Crippen LogP contribution in [0.3, 0.4) is 0 Å². The lowest BCUT2D eigenvalue weighted by Gasteiger charge is -2.13. The number of nitrogens with one attached hydrogen (secondary N) is 1. The van der Waals surface area contributed by atoms with Gasteiger partial charge in [-0.2, -0.15) is 5.26 Å². The van der Waals surface area contributed by atoms with Crippen LogP contribution in [-0.2, 0) is 17.9 Å². The van der Waals surface area contributed by atoms with Gasteiger partial charge in [-0.3, -0.25) is 4.79 Å². The molecule has 1 N–H and O–H groups in total. The van der Waals surface area contributed by atoms with Crippen molar-refractivity contribution in [2.24, 2.45) is 0 Å². The first-order valence-electron chi connectivity index (χ1n) is 11.0. The van der Waals surface area contributed by atoms with Crippen LogP contribution < -0.4 is 24.3 Å². The summed E-state index contributed by atoms with van der Waals surface area (Å²) < 4.78 is 35.3. The summed E-state index contributed by atoms with van der Waals surface area (Å²) in [5, 5.41) is 12.3. The Balaban J connectivity index is 1.43. The molecule has 0 aliphatic carbocycles. The fourth-order valence-corrected chi connectivity index (χ4v) is 3.39. The van der Waals surface area contributed by atoms with Crippen molar-refractivity contribution in [2.75, 3.05) is 13.4 Å². The number of fused-ring (bicyclic) bond motifs is 1. The molecule has 0 bridgehead atoms. The van der Waals surface area contributed by atoms with E-state index in [0.717, 1.165) is 11.1 Å². The zero-order valence-electron chi connectivity index (χ0n) is 19.0. The van der Waals surface area contributed by atoms with Gasteiger partial charge in [0.2, 0.25) is 6.79 Å². The number of hydrogen-bond donors (Lipinski definition) is 1. The third-order valence-electron chi connectivity index (χ3n) is 5.14. The number of nitrogens with zero attached hydrogens (tertiary/aromatic N) is 1. The normalized spacial score (nSPS) is 12.1. The third kappa shape index (κ3) is 6.09. The Morgan fingerprint density at radius 3 is 2.57 bits per heavy atom. The number of carbonyl (C=O) groups excluding carboxylic acids is 1. The molecule has 0 spiro atoms. The SMILES string of the molecule is CCOc1cc(/C=C(/C#N)C(=O)NCc2ccc3c(c2)OCO3)ccc1OCc1ccc(F)cc1. The van der Waals surface area contributed by atoms with E-state index in [9.17, 15) is 14.4 Å². The van der Waals surface area contributed by atoms with E-state index in [2.05, 4.69) is 5.32 Å². The second-order valence-corrected chi connectivity index (χ2v) is 7.59. The summed E-state index contributed by atoms with van der Waals surface area (Å²) in [6.45, 7) is 2.89. The van der Waals surface area contributed by atoms with Crippen molar-refractivity contribution >= 4 is 12.0 Å². The van der Waals surface area contributed by atoms with Crippen molar-refractivity contribution in [3.8, 4) is 29.1 Å². The highest BCUT2D eigenvalue weighted by atomic mass is 19.1. The van der Waals surface area contributed by atoms with Crippen LogP contribution in [0.15, 0.2) is 66.2 Å². The van der Waals surface area contributed by atoms with Crippen molar-refractivity contribution in [3.63, 3.8) is 0 Å². The molecule has 0 radical (unpaired) electrons. The molecule has 3 aromatic carbocycles. The summed E-state index contributed by atoms with van der Waals surface area (Å²) in [4.78, 5) is 12.6. The van der Waals surface area contributed by atoms with Gasteiger partial charge in [-0.1, -0.05) is 24.3 Å². The van der Waals surface area contributed by atoms with Gasteiger partial charge in [0.1, 0.15) is 24.1 Å². The first-order valence-corrected chi connectivity index (χ1v) is 11.0. The first kappa shape index (κ1) is 23.6. The number of halogens is 1. The van der Waals surface area contributed by atoms with Crippen LogP contribution in [0.1, 0.15) is 23.6 Å². The van der Waals surface area contributed by atoms with Crippen molar-refractivity contribution < 1.29 is 28.1 Å². The lowest BCUT2D eigenvalue weighted by Crippen LogP contribution is -2.23. The van der Waals surface area contributed by atoms with Gasteiger partial charge in [0.05, 0.1) is 6.61 Å². The Morgan fingerprint density at radius 1 is 1.03 bits per heavy atom. The zero-order valence-corrected chi connectivity index (χ0v) is 19.0. The molecule has 1 aliphatic heterocycles. The van der Waals surface area contributed by atoms with E-state index in [1.54, 1.807) is 42.5 Å². The van der Waals surface area contributed by atoms with Gasteiger partial charge in [0, 0.05) is 6.54 Å². The minimum absolute atomic E-state index is 0.0480. The Labute approximate surface area is 202 Å². The minimum Gasteiger partial charge on any atom is -0.490 e. The monoisotopic (exact) mass is 474 g/mol. The molecule has 0 unspecified atom stereocenters. The van der Waals surface area contributed by atoms with Crippen LogP contribution in [-0.4, -0.2) is 19.3 Å². The van der Waals surface area contributed by atoms with Crippen molar-refractivity contribution in [2.45, 2.75) is 20.1 Å². The standard InChI is InChI=1S/C27H23FN2O5/c1-2-32-25-12-19(5-9-23(25)33-16-18-3-7-22(28)8-4-18)11-21(14-29)27(31)30-15-20-6-10-24-26(13-20)35-17-34-24/h3-13H,2,15-17H2,1H3,(H,30,31)/b21-11-. The molecule has 3 aromatic rings. The van der Waals surface area contributed by atoms with Gasteiger partial charge in [-0.15, -0.1) is 0 Å². The summed E-state index contributed by atoms with van der Waals surface area (Å²) in [5.41, 5.74) is 2.19. The van der Waals surface area contributed by atoms with E-state index in [1.165, 1.54) is 18.2 Å². The topological polar surface area (TPSA) is 89.8 Å². The van der Waals surface area contributed by atoms with E-state index in [0.29, 0.717) is 35.2 Å². The predicted octanol–water partition coefficient (Wildman–Crippen LogP) is 4.76. The maximum atomic E-state index is 13.1. The fourth-order valence-electron chi connectivity index (χ4n) is 3.39. The Bertz CT molecular complexity index is 1280. The van der Waals surface area contributed by atoms with Crippen LogP contribution >= 0.6 is 0 Å². The fraction of sp³-hybridized carbons (Fsp3) is 0.185. The molecular formula is C27H23FN2O5. The molecular weight excluding hydrogens is 451 g/mol. The summed E-state index contributed by atoms with van der Waals surface area (Å²) in [6, 6.07) is 18.5. The van der Waals surface area contributed by atoms with Gasteiger partial charge in [0.25, 0.3) is 5.91 Å². The van der Waals surface area contributed by atoms with Crippen LogP contribution in [0.2, 0.25) is 0 Å². The highest BCUT2D eigenvalue weighted by Crippen LogP contribution is 2.32. The first-order chi connectivity index (χ1) is 17.1. The Hall–Kier alpha value is -4.51. The molecule has 35 heavy (non-hydrogen) atoms. The van der Waals surface area contributed by atoms with E-state index in [-0.39, 0.29) is 31.3 Å². The van der Waals surface area contributed by atoms with Crippen molar-refractivity contribution in [1.29, 1.82) is 5.26 Å². The summed E-state index contributed by atoms with van der Waals surface area (Å²) in [5.74, 6) is 1.44. The maximum Gasteiger partial charge on any atom is 0.262 e. The van der Waals surface area contributed by atoms with Crippen LogP contribution in [0.5, 0.6) is 23.0 Å². The number of carbonyl (C=O) groups is 1. The molecule has 4 rings (SSSR count). The molecule has 0 fully saturated rings. The number of hydrogen-bond acceptors (Lipinski definition) is 6. The molecule has 0 atom stereocenters. The zero-order chi connectivity index (χ0) is 24.6. The summed E-state index contributed by atoms with van der Waals surface area (Å²) in [7, 11) is 0. The second-order valence-electron chi connectivity index (χ2n) is 7.59. The maximum absolute atomic E-state index is 13.1. The van der Waals surface area contributed by atoms with E-state index in [4.69, 9.17) is 18.9 Å². The molecule has 8 heteroatoms. The number of amides is 1. The van der Waals surface area contributed by atoms with Gasteiger partial charge >= 0.3 is 0 Å². The molecule has 1 aliphatic rings. The van der Waals surface area contributed by atoms with Crippen molar-refractivity contribution in [1.82, 2.24) is 5.32 Å². The third-order valence-corrected chi connectivity index (χ3v) is 5.14. The molecule has 178 valence electrons. The van der Waals surface area contributed by atoms with Gasteiger partial charge in [-0.25, -0.2) is 4.39 Å². The number of ether oxygens (including phenoxy) is 4. The van der Waals surface area contributed by atoms with Gasteiger partial charge < -0.3 is 24.3 Å². The highest BCUT2D eigenvalue weighted by molar-refractivity contribution is 6.01. The smallest absolute Gasteiger partial charge is 0.262 e. The predicted molar refractivity (Wildman–Crippen MR) is 126 cm³/mol. The molecule has 1 heterocycles. The molecule has 0 aromatic heterocycles. The Kier molecular flexibility index (Phi) is 7.48. The van der Waals surface area contributed by atoms with Gasteiger partial charge in [-0.05, 0) is 66.1 Å². The van der Waals surface area contributed by atoms with Gasteiger partial charge in [0.15, 0.2) is 23.0 Å². The largest absolute Gasteiger partial charge is 0.490 e. The molecule has 7 nitrogen and oxygen atoms in total. The highest BCUT2D eigenvalue weighted by Gasteiger charge is 2.15. The average molecular weight is 474 g/mol. The lowest BCUT2D eigenvalue weighted by molar-refractivity contribution is -0.117. The van der Waals surface area contributed by atoms with Crippen LogP contribution in [0.4, 0.5) is 4.39 Å². The summed E-state index contributed by atoms with van der Waals surface area (Å²) in [6.07, 6.45) is 1.49. The quantitative estimate of drug-likeness (QED) is 0.355. The number of rotatable bonds is 9. The summed E-state index contributed by atoms with van der Waals surface area (Å²) >= 11 is 0. The van der Waals surface area contributed by atoms with E-state index >= 15 is 0 Å². The lowest BCUT2D eigenvalue weighted by atomic mass is 10.1. The van der Waals surface area contributed by atoms with Crippen LogP contribution in [0.25, 0.3) is 6.08 Å².